The number of carbonyl (C=O) groups excluding carboxylic acids is 4. The summed E-state index contributed by atoms with van der Waals surface area (Å²) >= 11 is 0. The smallest absolute Gasteiger partial charge is 0.261 e. The number of imide groups is 1. The number of anilines is 1. The lowest BCUT2D eigenvalue weighted by atomic mass is 9.90. The van der Waals surface area contributed by atoms with Gasteiger partial charge in [0, 0.05) is 56.3 Å². The summed E-state index contributed by atoms with van der Waals surface area (Å²) in [6, 6.07) is 22.2. The maximum Gasteiger partial charge on any atom is 0.261 e. The van der Waals surface area contributed by atoms with E-state index in [4.69, 9.17) is 20.3 Å². The van der Waals surface area contributed by atoms with Gasteiger partial charge in [-0.25, -0.2) is 14.6 Å². The highest BCUT2D eigenvalue weighted by Gasteiger charge is 2.46. The molecule has 3 aliphatic heterocycles. The SMILES string of the molecule is Nc1ncnc2c1c(-c1ccc(Oc3ccccc3)cc1)nn2C1CCC(N2CCN(CCCCCCNC(=O)COc3cccc4c3C(=O)N(C3CCC(=O)NC3=O)C4O)CC2)CC1. The predicted molar refractivity (Wildman–Crippen MR) is 242 cm³/mol. The van der Waals surface area contributed by atoms with E-state index in [0.717, 1.165) is 123 Å². The lowest BCUT2D eigenvalue weighted by Crippen LogP contribution is -2.53. The van der Waals surface area contributed by atoms with Crippen molar-refractivity contribution >= 4 is 40.5 Å². The number of hydrogen-bond donors (Lipinski definition) is 4. The number of nitrogens with one attached hydrogen (secondary N) is 2. The van der Waals surface area contributed by atoms with Crippen molar-refractivity contribution in [3.63, 3.8) is 0 Å². The van der Waals surface area contributed by atoms with Crippen molar-refractivity contribution < 1.29 is 33.8 Å². The Labute approximate surface area is 377 Å². The van der Waals surface area contributed by atoms with Gasteiger partial charge in [-0.15, -0.1) is 0 Å². The second-order valence-corrected chi connectivity index (χ2v) is 17.4. The van der Waals surface area contributed by atoms with E-state index >= 15 is 0 Å². The molecule has 4 aliphatic rings. The van der Waals surface area contributed by atoms with Crippen LogP contribution in [0.4, 0.5) is 5.82 Å². The van der Waals surface area contributed by atoms with Crippen LogP contribution in [0.15, 0.2) is 79.1 Å². The second-order valence-electron chi connectivity index (χ2n) is 17.4. The van der Waals surface area contributed by atoms with E-state index < -0.39 is 30.0 Å². The van der Waals surface area contributed by atoms with Crippen LogP contribution in [0.3, 0.4) is 0 Å². The molecule has 0 radical (unpaired) electrons. The maximum absolute atomic E-state index is 13.3. The molecule has 1 aliphatic carbocycles. The Kier molecular flexibility index (Phi) is 13.3. The number of carbonyl (C=O) groups is 4. The molecule has 0 bridgehead atoms. The van der Waals surface area contributed by atoms with Gasteiger partial charge in [0.1, 0.15) is 41.1 Å². The normalized spacial score (nSPS) is 21.6. The van der Waals surface area contributed by atoms with Crippen LogP contribution in [-0.2, 0) is 14.4 Å². The lowest BCUT2D eigenvalue weighted by molar-refractivity contribution is -0.139. The molecule has 1 saturated carbocycles. The first kappa shape index (κ1) is 43.8. The average Bonchev–Trinajstić information content (AvgIpc) is 3.84. The van der Waals surface area contributed by atoms with Gasteiger partial charge in [-0.1, -0.05) is 43.2 Å². The highest BCUT2D eigenvalue weighted by molar-refractivity contribution is 6.07. The van der Waals surface area contributed by atoms with E-state index in [1.165, 1.54) is 6.33 Å². The minimum absolute atomic E-state index is 0.0709. The molecule has 2 unspecified atom stereocenters. The molecule has 2 atom stereocenters. The first-order valence-corrected chi connectivity index (χ1v) is 22.9. The third kappa shape index (κ3) is 9.67. The number of hydrogen-bond acceptors (Lipinski definition) is 13. The van der Waals surface area contributed by atoms with E-state index in [2.05, 4.69) is 35.1 Å². The predicted octanol–water partition coefficient (Wildman–Crippen LogP) is 4.98. The molecule has 340 valence electrons. The molecule has 5 heterocycles. The summed E-state index contributed by atoms with van der Waals surface area (Å²) in [5.74, 6) is 0.201. The van der Waals surface area contributed by atoms with Gasteiger partial charge in [-0.3, -0.25) is 34.3 Å². The highest BCUT2D eigenvalue weighted by atomic mass is 16.5. The van der Waals surface area contributed by atoms with Crippen molar-refractivity contribution in [1.82, 2.24) is 45.1 Å². The van der Waals surface area contributed by atoms with Crippen LogP contribution < -0.4 is 25.8 Å². The van der Waals surface area contributed by atoms with Crippen molar-refractivity contribution in [3.8, 4) is 28.5 Å². The number of nitrogens with zero attached hydrogens (tertiary/aromatic N) is 7. The Bertz CT molecular complexity index is 2500. The number of nitrogen functional groups attached to an aromatic ring is 1. The molecule has 2 saturated heterocycles. The molecule has 17 heteroatoms. The Morgan fingerprint density at radius 2 is 1.57 bits per heavy atom. The summed E-state index contributed by atoms with van der Waals surface area (Å²) in [6.45, 7) is 5.59. The van der Waals surface area contributed by atoms with Gasteiger partial charge in [-0.2, -0.15) is 5.10 Å². The zero-order valence-electron chi connectivity index (χ0n) is 36.4. The molecule has 4 amide bonds. The third-order valence-corrected chi connectivity index (χ3v) is 13.2. The fraction of sp³-hybridized carbons (Fsp3) is 0.438. The number of piperazine rings is 1. The molecule has 3 aromatic carbocycles. The molecule has 5 aromatic rings. The van der Waals surface area contributed by atoms with Gasteiger partial charge in [0.2, 0.25) is 11.8 Å². The number of amides is 4. The quantitative estimate of drug-likeness (QED) is 0.0763. The third-order valence-electron chi connectivity index (χ3n) is 13.2. The van der Waals surface area contributed by atoms with Crippen molar-refractivity contribution in [3.05, 3.63) is 90.3 Å². The Morgan fingerprint density at radius 3 is 2.34 bits per heavy atom. The molecule has 9 rings (SSSR count). The maximum atomic E-state index is 13.3. The van der Waals surface area contributed by atoms with Crippen molar-refractivity contribution in [2.45, 2.75) is 88.6 Å². The van der Waals surface area contributed by atoms with Gasteiger partial charge < -0.3 is 30.5 Å². The molecule has 65 heavy (non-hydrogen) atoms. The highest BCUT2D eigenvalue weighted by Crippen LogP contribution is 2.40. The summed E-state index contributed by atoms with van der Waals surface area (Å²) < 4.78 is 13.8. The number of rotatable bonds is 16. The number of para-hydroxylation sites is 1. The Balaban J connectivity index is 0.665. The average molecular weight is 885 g/mol. The minimum atomic E-state index is -1.36. The number of aliphatic hydroxyl groups is 1. The lowest BCUT2D eigenvalue weighted by Gasteiger charge is -2.42. The van der Waals surface area contributed by atoms with Gasteiger partial charge in [0.05, 0.1) is 17.0 Å². The van der Waals surface area contributed by atoms with Gasteiger partial charge in [-0.05, 0) is 94.0 Å². The number of benzene rings is 3. The number of fused-ring (bicyclic) bond motifs is 2. The van der Waals surface area contributed by atoms with Crippen molar-refractivity contribution in [2.75, 3.05) is 51.6 Å². The van der Waals surface area contributed by atoms with Gasteiger partial charge in [0.15, 0.2) is 18.5 Å². The fourth-order valence-corrected chi connectivity index (χ4v) is 9.78. The number of nitrogens with two attached hydrogens (primary N) is 1. The van der Waals surface area contributed by atoms with E-state index in [1.807, 2.05) is 54.6 Å². The van der Waals surface area contributed by atoms with E-state index in [9.17, 15) is 24.3 Å². The molecular formula is C48H56N10O7. The molecule has 0 spiro atoms. The standard InChI is InChI=1S/C48H56N10O7/c49-44-42-43(31-13-19-35(20-14-31)65-34-9-4-3-5-10-34)54-58(45(42)52-30-51-44)33-17-15-32(16-18-33)56-27-25-55(26-28-56)24-7-2-1-6-23-50-40(60)29-64-38-12-8-11-36-41(38)48(63)57(47(36)62)37-21-22-39(59)53-46(37)61/h3-5,8-14,19-20,30,32-33,37,47,62H,1-2,6-7,15-18,21-29H2,(H,50,60)(H2,49,51,52)(H,53,59,61). The van der Waals surface area contributed by atoms with Crippen LogP contribution in [-0.4, -0.2) is 121 Å². The van der Waals surface area contributed by atoms with Crippen LogP contribution in [0.1, 0.15) is 92.4 Å². The summed E-state index contributed by atoms with van der Waals surface area (Å²) in [4.78, 5) is 65.3. The summed E-state index contributed by atoms with van der Waals surface area (Å²) in [5, 5.41) is 21.9. The summed E-state index contributed by atoms with van der Waals surface area (Å²) in [7, 11) is 0. The summed E-state index contributed by atoms with van der Waals surface area (Å²) in [5.41, 5.74) is 9.37. The summed E-state index contributed by atoms with van der Waals surface area (Å²) in [6.07, 6.45) is 8.66. The van der Waals surface area contributed by atoms with Gasteiger partial charge >= 0.3 is 0 Å². The number of aliphatic hydroxyl groups excluding tert-OH is 1. The number of ether oxygens (including phenoxy) is 2. The number of aromatic nitrogens is 4. The second kappa shape index (κ2) is 19.8. The van der Waals surface area contributed by atoms with E-state index in [0.29, 0.717) is 24.0 Å². The largest absolute Gasteiger partial charge is 0.483 e. The zero-order chi connectivity index (χ0) is 44.9. The van der Waals surface area contributed by atoms with Gasteiger partial charge in [0.25, 0.3) is 11.8 Å². The number of piperidine rings is 1. The Morgan fingerprint density at radius 1 is 0.831 bits per heavy atom. The molecule has 17 nitrogen and oxygen atoms in total. The van der Waals surface area contributed by atoms with Crippen molar-refractivity contribution in [1.29, 1.82) is 0 Å². The van der Waals surface area contributed by atoms with Crippen LogP contribution in [0.2, 0.25) is 0 Å². The first-order valence-electron chi connectivity index (χ1n) is 22.9. The number of unbranched alkanes of at least 4 members (excludes halogenated alkanes) is 3. The zero-order valence-corrected chi connectivity index (χ0v) is 36.4. The molecule has 3 fully saturated rings. The van der Waals surface area contributed by atoms with Crippen LogP contribution in [0.5, 0.6) is 17.2 Å². The van der Waals surface area contributed by atoms with Crippen LogP contribution in [0, 0.1) is 0 Å². The Hall–Kier alpha value is -6.43. The van der Waals surface area contributed by atoms with Crippen LogP contribution in [0.25, 0.3) is 22.3 Å². The molecule has 2 aromatic heterocycles. The molecule has 5 N–H and O–H groups in total. The topological polar surface area (TPSA) is 210 Å². The van der Waals surface area contributed by atoms with Crippen LogP contribution >= 0.6 is 0 Å². The van der Waals surface area contributed by atoms with Crippen molar-refractivity contribution in [2.24, 2.45) is 0 Å². The monoisotopic (exact) mass is 884 g/mol. The van der Waals surface area contributed by atoms with E-state index in [-0.39, 0.29) is 42.7 Å². The molecular weight excluding hydrogens is 829 g/mol. The fourth-order valence-electron chi connectivity index (χ4n) is 9.78. The van der Waals surface area contributed by atoms with E-state index in [1.54, 1.807) is 18.2 Å². The minimum Gasteiger partial charge on any atom is -0.483 e. The first-order chi connectivity index (χ1) is 31.7.